The number of carbonyl (C=O) groups is 2. The maximum atomic E-state index is 13.6. The van der Waals surface area contributed by atoms with E-state index in [-0.39, 0.29) is 17.5 Å². The van der Waals surface area contributed by atoms with E-state index in [0.717, 1.165) is 19.1 Å². The van der Waals surface area contributed by atoms with Crippen LogP contribution in [0.15, 0.2) is 17.7 Å². The third kappa shape index (κ3) is 8.91. The van der Waals surface area contributed by atoms with Crippen molar-refractivity contribution in [2.24, 2.45) is 0 Å². The Hall–Kier alpha value is -3.92. The molecule has 0 fully saturated rings. The molecule has 1 aliphatic heterocycles. The van der Waals surface area contributed by atoms with Crippen molar-refractivity contribution >= 4 is 18.2 Å². The van der Waals surface area contributed by atoms with Crippen LogP contribution in [0.2, 0.25) is 0 Å². The molecule has 3 atom stereocenters. The van der Waals surface area contributed by atoms with E-state index in [1.54, 1.807) is 0 Å². The highest BCUT2D eigenvalue weighted by Crippen LogP contribution is 2.41. The van der Waals surface area contributed by atoms with Crippen molar-refractivity contribution in [1.82, 2.24) is 0 Å². The van der Waals surface area contributed by atoms with E-state index < -0.39 is 71.9 Å². The Labute approximate surface area is 203 Å². The molecular formula is C20H19F6NO10. The lowest BCUT2D eigenvalue weighted by atomic mass is 9.99. The molecule has 1 aromatic rings. The molecule has 0 N–H and O–H groups in total. The Morgan fingerprint density at radius 2 is 1.76 bits per heavy atom. The van der Waals surface area contributed by atoms with Gasteiger partial charge in [-0.05, 0) is 37.6 Å². The molecule has 0 bridgehead atoms. The van der Waals surface area contributed by atoms with E-state index in [2.05, 4.69) is 14.3 Å². The Balaban J connectivity index is 2.16. The standard InChI is InChI=1S/C20H19F6NO10/c1-9-6-13(37-20(24,25)26)7-12-8-14(16(19(21,22)23)36-15(9)12)17(28)34-11(3)35-18(29)33-10(2)4-5-32-27(30)31/h6-8,10-11,16H,4-5H2,1-3H3/t10-,11?,16?/m0/s1. The van der Waals surface area contributed by atoms with Gasteiger partial charge < -0.3 is 28.5 Å². The molecule has 0 saturated heterocycles. The molecule has 206 valence electrons. The average molecular weight is 547 g/mol. The largest absolute Gasteiger partial charge is 0.573 e. The molecule has 37 heavy (non-hydrogen) atoms. The predicted molar refractivity (Wildman–Crippen MR) is 106 cm³/mol. The average Bonchev–Trinajstić information content (AvgIpc) is 2.70. The van der Waals surface area contributed by atoms with Gasteiger partial charge in [0.2, 0.25) is 12.4 Å². The van der Waals surface area contributed by atoms with Gasteiger partial charge in [0.15, 0.2) is 0 Å². The van der Waals surface area contributed by atoms with Crippen molar-refractivity contribution in [3.05, 3.63) is 38.9 Å². The number of halogens is 6. The van der Waals surface area contributed by atoms with Gasteiger partial charge in [-0.15, -0.1) is 23.3 Å². The number of esters is 1. The van der Waals surface area contributed by atoms with E-state index >= 15 is 0 Å². The quantitative estimate of drug-likeness (QED) is 0.142. The Bertz CT molecular complexity index is 1060. The molecule has 0 radical (unpaired) electrons. The molecular weight excluding hydrogens is 528 g/mol. The first-order chi connectivity index (χ1) is 17.0. The number of nitrogens with zero attached hydrogens (tertiary/aromatic N) is 1. The molecule has 17 heteroatoms. The molecule has 11 nitrogen and oxygen atoms in total. The van der Waals surface area contributed by atoms with Crippen molar-refractivity contribution in [2.45, 2.75) is 58.2 Å². The second-order valence-corrected chi connectivity index (χ2v) is 7.46. The Kier molecular flexibility index (Phi) is 9.05. The molecule has 0 aromatic heterocycles. The molecule has 0 amide bonds. The fourth-order valence-electron chi connectivity index (χ4n) is 2.98. The van der Waals surface area contributed by atoms with Crippen LogP contribution in [0.5, 0.6) is 11.5 Å². The first-order valence-corrected chi connectivity index (χ1v) is 10.2. The smallest absolute Gasteiger partial charge is 0.475 e. The number of alkyl halides is 6. The highest BCUT2D eigenvalue weighted by molar-refractivity contribution is 5.96. The molecule has 0 aliphatic carbocycles. The number of hydrogen-bond donors (Lipinski definition) is 0. The SMILES string of the molecule is Cc1cc(OC(F)(F)F)cc2c1OC(C(F)(F)F)C(C(=O)OC(C)OC(=O)O[C@@H](C)CCO[N+](=O)[O-])=C2. The van der Waals surface area contributed by atoms with Crippen molar-refractivity contribution in [3.8, 4) is 11.5 Å². The van der Waals surface area contributed by atoms with Crippen LogP contribution in [0.1, 0.15) is 31.4 Å². The Morgan fingerprint density at radius 1 is 1.11 bits per heavy atom. The number of rotatable bonds is 9. The lowest BCUT2D eigenvalue weighted by molar-refractivity contribution is -0.758. The fourth-order valence-corrected chi connectivity index (χ4v) is 2.98. The molecule has 2 rings (SSSR count). The van der Waals surface area contributed by atoms with Crippen LogP contribution in [0.4, 0.5) is 31.1 Å². The summed E-state index contributed by atoms with van der Waals surface area (Å²) < 4.78 is 101. The van der Waals surface area contributed by atoms with E-state index in [1.165, 1.54) is 13.8 Å². The zero-order valence-corrected chi connectivity index (χ0v) is 19.2. The summed E-state index contributed by atoms with van der Waals surface area (Å²) in [5.74, 6) is -2.85. The molecule has 0 saturated carbocycles. The first kappa shape index (κ1) is 29.3. The minimum absolute atomic E-state index is 0.111. The third-order valence-corrected chi connectivity index (χ3v) is 4.43. The van der Waals surface area contributed by atoms with Gasteiger partial charge in [0, 0.05) is 18.9 Å². The summed E-state index contributed by atoms with van der Waals surface area (Å²) in [7, 11) is 0. The number of hydrogen-bond acceptors (Lipinski definition) is 10. The van der Waals surface area contributed by atoms with Gasteiger partial charge in [-0.1, -0.05) is 0 Å². The van der Waals surface area contributed by atoms with Crippen molar-refractivity contribution in [2.75, 3.05) is 6.61 Å². The summed E-state index contributed by atoms with van der Waals surface area (Å²) in [6.45, 7) is 3.07. The van der Waals surface area contributed by atoms with Crippen LogP contribution in [-0.4, -0.2) is 54.9 Å². The molecule has 1 heterocycles. The van der Waals surface area contributed by atoms with Gasteiger partial charge in [0.05, 0.1) is 12.2 Å². The highest BCUT2D eigenvalue weighted by Gasteiger charge is 2.49. The van der Waals surface area contributed by atoms with Crippen molar-refractivity contribution in [1.29, 1.82) is 0 Å². The van der Waals surface area contributed by atoms with Gasteiger partial charge in [-0.2, -0.15) is 13.2 Å². The molecule has 0 spiro atoms. The summed E-state index contributed by atoms with van der Waals surface area (Å²) in [6.07, 6.45) is -16.7. The van der Waals surface area contributed by atoms with E-state index in [9.17, 15) is 46.0 Å². The summed E-state index contributed by atoms with van der Waals surface area (Å²) in [5.41, 5.74) is -1.60. The lowest BCUT2D eigenvalue weighted by Gasteiger charge is -2.29. The van der Waals surface area contributed by atoms with Crippen molar-refractivity contribution in [3.63, 3.8) is 0 Å². The number of fused-ring (bicyclic) bond motifs is 1. The third-order valence-electron chi connectivity index (χ3n) is 4.43. The zero-order chi connectivity index (χ0) is 28.1. The van der Waals surface area contributed by atoms with Crippen LogP contribution < -0.4 is 9.47 Å². The van der Waals surface area contributed by atoms with Crippen LogP contribution in [0.25, 0.3) is 6.08 Å². The van der Waals surface area contributed by atoms with Crippen molar-refractivity contribution < 1.29 is 69.5 Å². The van der Waals surface area contributed by atoms with Gasteiger partial charge in [0.1, 0.15) is 17.6 Å². The second kappa shape index (κ2) is 11.4. The van der Waals surface area contributed by atoms with Gasteiger partial charge >= 0.3 is 24.7 Å². The number of benzene rings is 1. The summed E-state index contributed by atoms with van der Waals surface area (Å²) in [5, 5.41) is 9.03. The summed E-state index contributed by atoms with van der Waals surface area (Å²) in [4.78, 5) is 38.4. The van der Waals surface area contributed by atoms with E-state index in [0.29, 0.717) is 6.08 Å². The maximum absolute atomic E-state index is 13.6. The highest BCUT2D eigenvalue weighted by atomic mass is 19.4. The van der Waals surface area contributed by atoms with Crippen LogP contribution in [0.3, 0.4) is 0 Å². The molecule has 1 aliphatic rings. The summed E-state index contributed by atoms with van der Waals surface area (Å²) in [6, 6.07) is 1.53. The van der Waals surface area contributed by atoms with Gasteiger partial charge in [-0.25, -0.2) is 9.59 Å². The number of ether oxygens (including phenoxy) is 5. The van der Waals surface area contributed by atoms with E-state index in [4.69, 9.17) is 14.2 Å². The zero-order valence-electron chi connectivity index (χ0n) is 19.2. The number of aryl methyl sites for hydroxylation is 1. The van der Waals surface area contributed by atoms with Crippen LogP contribution in [-0.2, 0) is 23.8 Å². The lowest BCUT2D eigenvalue weighted by Crippen LogP contribution is -2.41. The van der Waals surface area contributed by atoms with Crippen LogP contribution in [0, 0.1) is 17.0 Å². The van der Waals surface area contributed by atoms with E-state index in [1.807, 2.05) is 0 Å². The normalized spacial score (nSPS) is 16.8. The molecule has 1 aromatic carbocycles. The molecule has 2 unspecified atom stereocenters. The monoisotopic (exact) mass is 547 g/mol. The maximum Gasteiger partial charge on any atom is 0.573 e. The van der Waals surface area contributed by atoms with Crippen LogP contribution >= 0.6 is 0 Å². The summed E-state index contributed by atoms with van der Waals surface area (Å²) >= 11 is 0. The van der Waals surface area contributed by atoms with Gasteiger partial charge in [0.25, 0.3) is 5.09 Å². The fraction of sp³-hybridized carbons (Fsp3) is 0.500. The topological polar surface area (TPSA) is 133 Å². The second-order valence-electron chi connectivity index (χ2n) is 7.46. The predicted octanol–water partition coefficient (Wildman–Crippen LogP) is 4.63. The Morgan fingerprint density at radius 3 is 2.32 bits per heavy atom. The first-order valence-electron chi connectivity index (χ1n) is 10.2. The minimum atomic E-state index is -5.14. The minimum Gasteiger partial charge on any atom is -0.475 e. The van der Waals surface area contributed by atoms with Gasteiger partial charge in [-0.3, -0.25) is 0 Å². The number of carbonyl (C=O) groups excluding carboxylic acids is 2.